The molecule has 0 aliphatic rings. The Hall–Kier alpha value is -3.52. The summed E-state index contributed by atoms with van der Waals surface area (Å²) in [4.78, 5) is 0. The van der Waals surface area contributed by atoms with Crippen LogP contribution in [0, 0.1) is 0 Å². The summed E-state index contributed by atoms with van der Waals surface area (Å²) < 4.78 is 0. The van der Waals surface area contributed by atoms with Crippen LogP contribution < -0.4 is 0 Å². The zero-order valence-electron chi connectivity index (χ0n) is 14.8. The Morgan fingerprint density at radius 2 is 0.963 bits per heavy atom. The number of aromatic hydroxyl groups is 2. The molecule has 27 heavy (non-hydrogen) atoms. The SMILES string of the molecule is Oc1ccc(-c2ccc(Cc3ccc(-c4ccccc4O)cc3)cc2)cc1. The molecule has 4 aromatic carbocycles. The van der Waals surface area contributed by atoms with Gasteiger partial charge in [0.2, 0.25) is 0 Å². The highest BCUT2D eigenvalue weighted by Crippen LogP contribution is 2.29. The van der Waals surface area contributed by atoms with E-state index in [0.717, 1.165) is 28.7 Å². The van der Waals surface area contributed by atoms with Crippen LogP contribution in [0.15, 0.2) is 97.1 Å². The number of phenolic OH excluding ortho intramolecular Hbond substituents is 2. The second kappa shape index (κ2) is 7.38. The Morgan fingerprint density at radius 1 is 0.481 bits per heavy atom. The summed E-state index contributed by atoms with van der Waals surface area (Å²) in [5.41, 5.74) is 6.56. The van der Waals surface area contributed by atoms with Gasteiger partial charge in [-0.1, -0.05) is 78.9 Å². The standard InChI is InChI=1S/C25H20O2/c26-23-15-13-21(14-16-23)20-9-5-18(6-10-20)17-19-7-11-22(12-8-19)24-3-1-2-4-25(24)27/h1-16,26-27H,17H2. The Kier molecular flexibility index (Phi) is 4.63. The van der Waals surface area contributed by atoms with Crippen LogP contribution in [0.1, 0.15) is 11.1 Å². The molecule has 4 rings (SSSR count). The molecule has 132 valence electrons. The van der Waals surface area contributed by atoms with Crippen molar-refractivity contribution in [3.63, 3.8) is 0 Å². The maximum atomic E-state index is 9.99. The van der Waals surface area contributed by atoms with Crippen molar-refractivity contribution in [3.8, 4) is 33.8 Å². The predicted molar refractivity (Wildman–Crippen MR) is 110 cm³/mol. The second-order valence-electron chi connectivity index (χ2n) is 6.63. The monoisotopic (exact) mass is 352 g/mol. The van der Waals surface area contributed by atoms with Crippen molar-refractivity contribution in [1.29, 1.82) is 0 Å². The van der Waals surface area contributed by atoms with Gasteiger partial charge in [0.15, 0.2) is 0 Å². The second-order valence-corrected chi connectivity index (χ2v) is 6.63. The Balaban J connectivity index is 1.49. The van der Waals surface area contributed by atoms with E-state index in [9.17, 15) is 10.2 Å². The molecule has 0 unspecified atom stereocenters. The van der Waals surface area contributed by atoms with Gasteiger partial charge in [-0.15, -0.1) is 0 Å². The fourth-order valence-corrected chi connectivity index (χ4v) is 3.22. The molecule has 2 N–H and O–H groups in total. The van der Waals surface area contributed by atoms with Gasteiger partial charge in [-0.3, -0.25) is 0 Å². The molecule has 0 aliphatic heterocycles. The van der Waals surface area contributed by atoms with Crippen LogP contribution in [0.3, 0.4) is 0 Å². The summed E-state index contributed by atoms with van der Waals surface area (Å²) in [5, 5.41) is 19.4. The quantitative estimate of drug-likeness (QED) is 0.471. The molecule has 0 bridgehead atoms. The molecule has 4 aromatic rings. The van der Waals surface area contributed by atoms with Gasteiger partial charge >= 0.3 is 0 Å². The van der Waals surface area contributed by atoms with Gasteiger partial charge < -0.3 is 10.2 Å². The summed E-state index contributed by atoms with van der Waals surface area (Å²) in [6, 6.07) is 31.4. The number of para-hydroxylation sites is 1. The zero-order chi connectivity index (χ0) is 18.6. The molecular weight excluding hydrogens is 332 g/mol. The highest BCUT2D eigenvalue weighted by atomic mass is 16.3. The van der Waals surface area contributed by atoms with E-state index in [1.165, 1.54) is 11.1 Å². The molecule has 0 fully saturated rings. The van der Waals surface area contributed by atoms with Crippen molar-refractivity contribution >= 4 is 0 Å². The van der Waals surface area contributed by atoms with Gasteiger partial charge in [0, 0.05) is 5.56 Å². The van der Waals surface area contributed by atoms with E-state index in [1.54, 1.807) is 18.2 Å². The number of phenols is 2. The molecule has 0 radical (unpaired) electrons. The van der Waals surface area contributed by atoms with Gasteiger partial charge in [0.25, 0.3) is 0 Å². The molecule has 2 heteroatoms. The van der Waals surface area contributed by atoms with Crippen molar-refractivity contribution in [2.75, 3.05) is 0 Å². The van der Waals surface area contributed by atoms with Crippen LogP contribution in [0.5, 0.6) is 11.5 Å². The van der Waals surface area contributed by atoms with E-state index < -0.39 is 0 Å². The average Bonchev–Trinajstić information content (AvgIpc) is 2.70. The van der Waals surface area contributed by atoms with Crippen LogP contribution in [-0.4, -0.2) is 10.2 Å². The topological polar surface area (TPSA) is 40.5 Å². The minimum absolute atomic E-state index is 0.280. The largest absolute Gasteiger partial charge is 0.508 e. The lowest BCUT2D eigenvalue weighted by Crippen LogP contribution is -1.89. The molecule has 2 nitrogen and oxygen atoms in total. The van der Waals surface area contributed by atoms with Crippen LogP contribution in [0.4, 0.5) is 0 Å². The molecule has 0 atom stereocenters. The zero-order valence-corrected chi connectivity index (χ0v) is 14.8. The van der Waals surface area contributed by atoms with E-state index in [4.69, 9.17) is 0 Å². The van der Waals surface area contributed by atoms with Crippen molar-refractivity contribution in [2.45, 2.75) is 6.42 Å². The number of rotatable bonds is 4. The van der Waals surface area contributed by atoms with Gasteiger partial charge in [-0.2, -0.15) is 0 Å². The highest BCUT2D eigenvalue weighted by Gasteiger charge is 2.04. The van der Waals surface area contributed by atoms with E-state index in [1.807, 2.05) is 30.3 Å². The lowest BCUT2D eigenvalue weighted by atomic mass is 9.98. The molecular formula is C25H20O2. The predicted octanol–water partition coefficient (Wildman–Crippen LogP) is 6.02. The third kappa shape index (κ3) is 3.85. The molecule has 0 saturated heterocycles. The average molecular weight is 352 g/mol. The van der Waals surface area contributed by atoms with Crippen LogP contribution in [-0.2, 0) is 6.42 Å². The molecule has 0 saturated carbocycles. The van der Waals surface area contributed by atoms with E-state index >= 15 is 0 Å². The van der Waals surface area contributed by atoms with Crippen molar-refractivity contribution in [2.24, 2.45) is 0 Å². The van der Waals surface area contributed by atoms with E-state index in [0.29, 0.717) is 5.75 Å². The normalized spacial score (nSPS) is 10.7. The van der Waals surface area contributed by atoms with E-state index in [2.05, 4.69) is 48.5 Å². The van der Waals surface area contributed by atoms with Crippen molar-refractivity contribution in [3.05, 3.63) is 108 Å². The maximum Gasteiger partial charge on any atom is 0.123 e. The Morgan fingerprint density at radius 3 is 1.52 bits per heavy atom. The number of hydrogen-bond acceptors (Lipinski definition) is 2. The van der Waals surface area contributed by atoms with Crippen molar-refractivity contribution in [1.82, 2.24) is 0 Å². The maximum absolute atomic E-state index is 9.99. The van der Waals surface area contributed by atoms with Gasteiger partial charge in [-0.05, 0) is 52.4 Å². The summed E-state index contributed by atoms with van der Waals surface area (Å²) in [5.74, 6) is 0.581. The molecule has 0 aromatic heterocycles. The van der Waals surface area contributed by atoms with Crippen LogP contribution in [0.2, 0.25) is 0 Å². The van der Waals surface area contributed by atoms with Gasteiger partial charge in [-0.25, -0.2) is 0 Å². The first-order valence-corrected chi connectivity index (χ1v) is 8.95. The third-order valence-corrected chi connectivity index (χ3v) is 4.73. The van der Waals surface area contributed by atoms with Crippen molar-refractivity contribution < 1.29 is 10.2 Å². The van der Waals surface area contributed by atoms with E-state index in [-0.39, 0.29) is 5.75 Å². The van der Waals surface area contributed by atoms with Gasteiger partial charge in [0.1, 0.15) is 11.5 Å². The number of benzene rings is 4. The fraction of sp³-hybridized carbons (Fsp3) is 0.0400. The first kappa shape index (κ1) is 16.9. The first-order valence-electron chi connectivity index (χ1n) is 8.95. The molecule has 0 amide bonds. The minimum atomic E-state index is 0.280. The highest BCUT2D eigenvalue weighted by molar-refractivity contribution is 5.70. The van der Waals surface area contributed by atoms with Gasteiger partial charge in [0.05, 0.1) is 0 Å². The lowest BCUT2D eigenvalue weighted by molar-refractivity contribution is 0.475. The summed E-state index contributed by atoms with van der Waals surface area (Å²) in [6.07, 6.45) is 0.858. The molecule has 0 heterocycles. The Labute approximate surface area is 159 Å². The smallest absolute Gasteiger partial charge is 0.123 e. The fourth-order valence-electron chi connectivity index (χ4n) is 3.22. The van der Waals surface area contributed by atoms with Crippen LogP contribution in [0.25, 0.3) is 22.3 Å². The summed E-state index contributed by atoms with van der Waals surface area (Å²) in [6.45, 7) is 0. The Bertz CT molecular complexity index is 1030. The third-order valence-electron chi connectivity index (χ3n) is 4.73. The summed E-state index contributed by atoms with van der Waals surface area (Å²) in [7, 11) is 0. The van der Waals surface area contributed by atoms with Crippen LogP contribution >= 0.6 is 0 Å². The lowest BCUT2D eigenvalue weighted by Gasteiger charge is -2.08. The summed E-state index contributed by atoms with van der Waals surface area (Å²) >= 11 is 0. The number of hydrogen-bond donors (Lipinski definition) is 2. The first-order chi connectivity index (χ1) is 13.2. The minimum Gasteiger partial charge on any atom is -0.508 e. The molecule has 0 spiro atoms. The molecule has 0 aliphatic carbocycles.